The van der Waals surface area contributed by atoms with Crippen LogP contribution in [0.25, 0.3) is 0 Å². The fourth-order valence-corrected chi connectivity index (χ4v) is 2.10. The van der Waals surface area contributed by atoms with Crippen LogP contribution in [0.5, 0.6) is 0 Å². The lowest BCUT2D eigenvalue weighted by molar-refractivity contribution is -0.384. The summed E-state index contributed by atoms with van der Waals surface area (Å²) in [6, 6.07) is 12.1. The van der Waals surface area contributed by atoms with E-state index in [0.29, 0.717) is 10.8 Å². The average molecular weight is 301 g/mol. The van der Waals surface area contributed by atoms with E-state index in [1.165, 1.54) is 12.1 Å². The number of nitrogens with one attached hydrogen (secondary N) is 2. The molecule has 0 spiro atoms. The number of non-ortho nitro benzene ring substituents is 1. The largest absolute Gasteiger partial charge is 0.332 e. The van der Waals surface area contributed by atoms with E-state index in [-0.39, 0.29) is 5.69 Å². The van der Waals surface area contributed by atoms with E-state index < -0.39 is 4.92 Å². The zero-order valence-electron chi connectivity index (χ0n) is 11.7. The lowest BCUT2D eigenvalue weighted by Gasteiger charge is -2.13. The number of aryl methyl sites for hydroxylation is 1. The van der Waals surface area contributed by atoms with Crippen LogP contribution >= 0.6 is 12.2 Å². The molecule has 2 rings (SSSR count). The van der Waals surface area contributed by atoms with Crippen molar-refractivity contribution in [2.24, 2.45) is 0 Å². The van der Waals surface area contributed by atoms with Crippen LogP contribution in [0.4, 0.5) is 17.1 Å². The van der Waals surface area contributed by atoms with Crippen molar-refractivity contribution in [2.75, 3.05) is 10.6 Å². The zero-order valence-corrected chi connectivity index (χ0v) is 12.5. The van der Waals surface area contributed by atoms with Crippen molar-refractivity contribution in [3.8, 4) is 0 Å². The minimum Gasteiger partial charge on any atom is -0.332 e. The Morgan fingerprint density at radius 2 is 1.86 bits per heavy atom. The van der Waals surface area contributed by atoms with E-state index in [1.54, 1.807) is 12.1 Å². The number of benzene rings is 2. The van der Waals surface area contributed by atoms with Gasteiger partial charge in [-0.3, -0.25) is 10.1 Å². The fraction of sp³-hybridized carbons (Fsp3) is 0.133. The first-order valence-corrected chi connectivity index (χ1v) is 6.77. The third-order valence-electron chi connectivity index (χ3n) is 3.17. The highest BCUT2D eigenvalue weighted by Gasteiger charge is 2.07. The summed E-state index contributed by atoms with van der Waals surface area (Å²) in [5.41, 5.74) is 3.79. The topological polar surface area (TPSA) is 67.2 Å². The van der Waals surface area contributed by atoms with E-state index in [1.807, 2.05) is 32.0 Å². The van der Waals surface area contributed by atoms with E-state index in [4.69, 9.17) is 12.2 Å². The summed E-state index contributed by atoms with van der Waals surface area (Å²) >= 11 is 5.24. The Labute approximate surface area is 128 Å². The Bertz CT molecular complexity index is 701. The highest BCUT2D eigenvalue weighted by atomic mass is 32.1. The molecule has 0 unspecified atom stereocenters. The number of rotatable bonds is 3. The number of nitro benzene ring substituents is 1. The summed E-state index contributed by atoms with van der Waals surface area (Å²) in [5, 5.41) is 17.2. The van der Waals surface area contributed by atoms with Crippen molar-refractivity contribution in [1.29, 1.82) is 0 Å². The SMILES string of the molecule is Cc1cccc(NC(=S)Nc2cccc([N+](=O)[O-])c2)c1C. The number of anilines is 2. The summed E-state index contributed by atoms with van der Waals surface area (Å²) in [6.45, 7) is 4.03. The molecule has 21 heavy (non-hydrogen) atoms. The highest BCUT2D eigenvalue weighted by molar-refractivity contribution is 7.80. The van der Waals surface area contributed by atoms with Gasteiger partial charge in [0.15, 0.2) is 5.11 Å². The van der Waals surface area contributed by atoms with Gasteiger partial charge in [0.25, 0.3) is 5.69 Å². The lowest BCUT2D eigenvalue weighted by atomic mass is 10.1. The smallest absolute Gasteiger partial charge is 0.271 e. The number of hydrogen-bond acceptors (Lipinski definition) is 3. The molecule has 0 heterocycles. The van der Waals surface area contributed by atoms with Crippen molar-refractivity contribution in [3.63, 3.8) is 0 Å². The van der Waals surface area contributed by atoms with Gasteiger partial charge >= 0.3 is 0 Å². The normalized spacial score (nSPS) is 10.0. The van der Waals surface area contributed by atoms with Gasteiger partial charge in [0.2, 0.25) is 0 Å². The molecule has 2 aromatic carbocycles. The van der Waals surface area contributed by atoms with Crippen molar-refractivity contribution in [2.45, 2.75) is 13.8 Å². The molecule has 0 fully saturated rings. The summed E-state index contributed by atoms with van der Waals surface area (Å²) in [4.78, 5) is 10.3. The minimum atomic E-state index is -0.438. The maximum Gasteiger partial charge on any atom is 0.271 e. The van der Waals surface area contributed by atoms with Gasteiger partial charge in [-0.15, -0.1) is 0 Å². The first-order chi connectivity index (χ1) is 9.97. The molecular formula is C15H15N3O2S. The lowest BCUT2D eigenvalue weighted by Crippen LogP contribution is -2.19. The molecule has 0 saturated heterocycles. The molecule has 0 atom stereocenters. The van der Waals surface area contributed by atoms with Crippen molar-refractivity contribution < 1.29 is 4.92 Å². The molecule has 108 valence electrons. The standard InChI is InChI=1S/C15H15N3O2S/c1-10-5-3-8-14(11(10)2)17-15(21)16-12-6-4-7-13(9-12)18(19)20/h3-9H,1-2H3,(H2,16,17,21). The van der Waals surface area contributed by atoms with Crippen molar-refractivity contribution >= 4 is 34.4 Å². The van der Waals surface area contributed by atoms with Crippen LogP contribution < -0.4 is 10.6 Å². The number of thiocarbonyl (C=S) groups is 1. The number of hydrogen-bond donors (Lipinski definition) is 2. The van der Waals surface area contributed by atoms with Crippen LogP contribution in [0.3, 0.4) is 0 Å². The first kappa shape index (κ1) is 14.9. The quantitative estimate of drug-likeness (QED) is 0.509. The molecule has 0 aromatic heterocycles. The fourth-order valence-electron chi connectivity index (χ4n) is 1.87. The molecule has 0 aliphatic carbocycles. The molecule has 5 nitrogen and oxygen atoms in total. The van der Waals surface area contributed by atoms with Crippen molar-refractivity contribution in [3.05, 3.63) is 63.7 Å². The van der Waals surface area contributed by atoms with Crippen LogP contribution in [-0.4, -0.2) is 10.0 Å². The summed E-state index contributed by atoms with van der Waals surface area (Å²) in [6.07, 6.45) is 0. The number of nitrogens with zero attached hydrogens (tertiary/aromatic N) is 1. The predicted molar refractivity (Wildman–Crippen MR) is 88.9 cm³/mol. The molecule has 0 radical (unpaired) electrons. The average Bonchev–Trinajstić information content (AvgIpc) is 2.44. The Morgan fingerprint density at radius 3 is 2.57 bits per heavy atom. The third-order valence-corrected chi connectivity index (χ3v) is 3.37. The zero-order chi connectivity index (χ0) is 15.4. The Kier molecular flexibility index (Phi) is 4.49. The first-order valence-electron chi connectivity index (χ1n) is 6.36. The summed E-state index contributed by atoms with van der Waals surface area (Å²) < 4.78 is 0. The van der Waals surface area contributed by atoms with Gasteiger partial charge in [-0.05, 0) is 49.3 Å². The van der Waals surface area contributed by atoms with E-state index >= 15 is 0 Å². The monoisotopic (exact) mass is 301 g/mol. The second kappa shape index (κ2) is 6.32. The minimum absolute atomic E-state index is 0.0227. The molecule has 2 N–H and O–H groups in total. The highest BCUT2D eigenvalue weighted by Crippen LogP contribution is 2.20. The van der Waals surface area contributed by atoms with Crippen LogP contribution in [0.15, 0.2) is 42.5 Å². The van der Waals surface area contributed by atoms with Gasteiger partial charge in [-0.2, -0.15) is 0 Å². The number of nitro groups is 1. The molecule has 0 saturated carbocycles. The summed E-state index contributed by atoms with van der Waals surface area (Å²) in [7, 11) is 0. The maximum absolute atomic E-state index is 10.7. The van der Waals surface area contributed by atoms with Crippen molar-refractivity contribution in [1.82, 2.24) is 0 Å². The van der Waals surface area contributed by atoms with Gasteiger partial charge in [0, 0.05) is 23.5 Å². The Balaban J connectivity index is 2.10. The second-order valence-electron chi connectivity index (χ2n) is 4.63. The van der Waals surface area contributed by atoms with E-state index in [2.05, 4.69) is 10.6 Å². The summed E-state index contributed by atoms with van der Waals surface area (Å²) in [5.74, 6) is 0. The Morgan fingerprint density at radius 1 is 1.14 bits per heavy atom. The molecule has 6 heteroatoms. The maximum atomic E-state index is 10.7. The van der Waals surface area contributed by atoms with Crippen LogP contribution in [0.1, 0.15) is 11.1 Å². The van der Waals surface area contributed by atoms with Gasteiger partial charge in [0.05, 0.1) is 4.92 Å². The van der Waals surface area contributed by atoms with Gasteiger partial charge in [-0.1, -0.05) is 18.2 Å². The van der Waals surface area contributed by atoms with Crippen LogP contribution in [0.2, 0.25) is 0 Å². The van der Waals surface area contributed by atoms with E-state index in [9.17, 15) is 10.1 Å². The van der Waals surface area contributed by atoms with E-state index in [0.717, 1.165) is 16.8 Å². The van der Waals surface area contributed by atoms with Crippen LogP contribution in [-0.2, 0) is 0 Å². The molecule has 0 aliphatic heterocycles. The molecular weight excluding hydrogens is 286 g/mol. The third kappa shape index (κ3) is 3.76. The van der Waals surface area contributed by atoms with Gasteiger partial charge in [0.1, 0.15) is 0 Å². The molecule has 0 aliphatic rings. The second-order valence-corrected chi connectivity index (χ2v) is 5.04. The van der Waals surface area contributed by atoms with Crippen LogP contribution in [0, 0.1) is 24.0 Å². The molecule has 0 amide bonds. The molecule has 2 aromatic rings. The molecule has 0 bridgehead atoms. The van der Waals surface area contributed by atoms with Gasteiger partial charge < -0.3 is 10.6 Å². The van der Waals surface area contributed by atoms with Gasteiger partial charge in [-0.25, -0.2) is 0 Å². The predicted octanol–water partition coefficient (Wildman–Crippen LogP) is 4.02. The Hall–Kier alpha value is -2.47.